The van der Waals surface area contributed by atoms with E-state index in [9.17, 15) is 4.79 Å². The van der Waals surface area contributed by atoms with Gasteiger partial charge in [-0.1, -0.05) is 12.1 Å². The summed E-state index contributed by atoms with van der Waals surface area (Å²) in [5, 5.41) is 3.62. The lowest BCUT2D eigenvalue weighted by atomic mass is 10.2. The van der Waals surface area contributed by atoms with Gasteiger partial charge in [0.05, 0.1) is 18.4 Å². The number of hydrogen-bond acceptors (Lipinski definition) is 6. The Kier molecular flexibility index (Phi) is 6.36. The van der Waals surface area contributed by atoms with Gasteiger partial charge in [0.2, 0.25) is 5.91 Å². The van der Waals surface area contributed by atoms with Crippen molar-refractivity contribution in [1.82, 2.24) is 4.98 Å². The Balaban J connectivity index is 1.34. The maximum atomic E-state index is 12.5. The van der Waals surface area contributed by atoms with Crippen LogP contribution in [-0.4, -0.2) is 29.4 Å². The fraction of sp³-hybridized carbons (Fsp3) is 0.364. The van der Waals surface area contributed by atoms with Crippen molar-refractivity contribution >= 4 is 23.4 Å². The second-order valence-corrected chi connectivity index (χ2v) is 8.34. The third kappa shape index (κ3) is 5.31. The molecule has 1 aromatic carbocycles. The van der Waals surface area contributed by atoms with Gasteiger partial charge in [-0.3, -0.25) is 4.79 Å². The number of furan rings is 1. The summed E-state index contributed by atoms with van der Waals surface area (Å²) in [5.41, 5.74) is 2.62. The zero-order chi connectivity index (χ0) is 20.1. The normalized spacial score (nSPS) is 14.8. The van der Waals surface area contributed by atoms with Crippen molar-refractivity contribution in [3.8, 4) is 11.7 Å². The molecule has 0 atom stereocenters. The number of carbonyl (C=O) groups is 1. The minimum Gasteiger partial charge on any atom is -0.459 e. The summed E-state index contributed by atoms with van der Waals surface area (Å²) in [6, 6.07) is 11.6. The molecule has 29 heavy (non-hydrogen) atoms. The lowest BCUT2D eigenvalue weighted by molar-refractivity contribution is -0.115. The molecule has 1 fully saturated rings. The maximum Gasteiger partial charge on any atom is 0.263 e. The van der Waals surface area contributed by atoms with Crippen molar-refractivity contribution < 1.29 is 18.4 Å². The summed E-state index contributed by atoms with van der Waals surface area (Å²) in [6.45, 7) is 3.52. The molecule has 2 aromatic heterocycles. The first kappa shape index (κ1) is 19.8. The number of hydrogen-bond donors (Lipinski definition) is 1. The zero-order valence-electron chi connectivity index (χ0n) is 16.3. The number of aromatic nitrogens is 1. The van der Waals surface area contributed by atoms with Crippen molar-refractivity contribution in [3.05, 3.63) is 59.7 Å². The molecule has 0 spiro atoms. The number of carbonyl (C=O) groups excluding carboxylic acids is 1. The van der Waals surface area contributed by atoms with Gasteiger partial charge in [0.1, 0.15) is 5.76 Å². The molecule has 1 saturated heterocycles. The van der Waals surface area contributed by atoms with Crippen LogP contribution in [0.5, 0.6) is 0 Å². The Morgan fingerprint density at radius 1 is 1.24 bits per heavy atom. The second kappa shape index (κ2) is 9.33. The van der Waals surface area contributed by atoms with Crippen LogP contribution in [0.1, 0.15) is 29.9 Å². The lowest BCUT2D eigenvalue weighted by Gasteiger charge is -2.21. The van der Waals surface area contributed by atoms with Gasteiger partial charge in [-0.25, -0.2) is 4.98 Å². The highest BCUT2D eigenvalue weighted by Crippen LogP contribution is 2.27. The van der Waals surface area contributed by atoms with Crippen molar-refractivity contribution in [2.24, 2.45) is 0 Å². The Morgan fingerprint density at radius 3 is 2.90 bits per heavy atom. The summed E-state index contributed by atoms with van der Waals surface area (Å²) in [5.74, 6) is 2.37. The number of benzene rings is 1. The molecule has 0 bridgehead atoms. The SMILES string of the molecule is Cc1oc(-c2ccco2)nc1CC(=O)Nc1cccc(CSC2CCOCC2)c1. The predicted octanol–water partition coefficient (Wildman–Crippen LogP) is 4.84. The first-order valence-electron chi connectivity index (χ1n) is 9.76. The second-order valence-electron chi connectivity index (χ2n) is 7.05. The molecule has 0 saturated carbocycles. The molecular weight excluding hydrogens is 388 g/mol. The summed E-state index contributed by atoms with van der Waals surface area (Å²) >= 11 is 1.96. The van der Waals surface area contributed by atoms with Crippen molar-refractivity contribution in [3.63, 3.8) is 0 Å². The van der Waals surface area contributed by atoms with Crippen LogP contribution < -0.4 is 5.32 Å². The Morgan fingerprint density at radius 2 is 2.10 bits per heavy atom. The number of aryl methyl sites for hydroxylation is 1. The van der Waals surface area contributed by atoms with Gasteiger partial charge in [0.25, 0.3) is 5.89 Å². The molecule has 1 aliphatic rings. The van der Waals surface area contributed by atoms with Crippen LogP contribution >= 0.6 is 11.8 Å². The van der Waals surface area contributed by atoms with E-state index >= 15 is 0 Å². The van der Waals surface area contributed by atoms with Crippen LogP contribution in [0.25, 0.3) is 11.7 Å². The summed E-state index contributed by atoms with van der Waals surface area (Å²) in [7, 11) is 0. The van der Waals surface area contributed by atoms with Crippen LogP contribution in [-0.2, 0) is 21.7 Å². The highest BCUT2D eigenvalue weighted by atomic mass is 32.2. The molecule has 7 heteroatoms. The van der Waals surface area contributed by atoms with Crippen molar-refractivity contribution in [2.45, 2.75) is 37.2 Å². The fourth-order valence-electron chi connectivity index (χ4n) is 3.25. The Bertz CT molecular complexity index is 946. The molecule has 4 rings (SSSR count). The van der Waals surface area contributed by atoms with Gasteiger partial charge in [-0.15, -0.1) is 0 Å². The van der Waals surface area contributed by atoms with E-state index in [2.05, 4.69) is 16.4 Å². The van der Waals surface area contributed by atoms with Crippen molar-refractivity contribution in [1.29, 1.82) is 0 Å². The summed E-state index contributed by atoms with van der Waals surface area (Å²) in [6.07, 6.45) is 3.93. The maximum absolute atomic E-state index is 12.5. The minimum absolute atomic E-state index is 0.123. The van der Waals surface area contributed by atoms with Gasteiger partial charge < -0.3 is 18.9 Å². The third-order valence-corrected chi connectivity index (χ3v) is 6.26. The molecule has 1 N–H and O–H groups in total. The van der Waals surface area contributed by atoms with Gasteiger partial charge in [-0.05, 0) is 49.6 Å². The molecule has 3 heterocycles. The molecule has 6 nitrogen and oxygen atoms in total. The minimum atomic E-state index is -0.123. The number of nitrogens with one attached hydrogen (secondary N) is 1. The van der Waals surface area contributed by atoms with E-state index in [0.717, 1.165) is 37.5 Å². The van der Waals surface area contributed by atoms with E-state index in [4.69, 9.17) is 13.6 Å². The molecule has 1 amide bonds. The van der Waals surface area contributed by atoms with Crippen molar-refractivity contribution in [2.75, 3.05) is 18.5 Å². The van der Waals surface area contributed by atoms with Gasteiger partial charge in [0.15, 0.2) is 5.76 Å². The summed E-state index contributed by atoms with van der Waals surface area (Å²) < 4.78 is 16.3. The molecule has 0 aliphatic carbocycles. The first-order chi connectivity index (χ1) is 14.2. The molecular formula is C22H24N2O4S. The van der Waals surface area contributed by atoms with Gasteiger partial charge in [0, 0.05) is 29.9 Å². The molecule has 0 radical (unpaired) electrons. The fourth-order valence-corrected chi connectivity index (χ4v) is 4.38. The monoisotopic (exact) mass is 412 g/mol. The lowest BCUT2D eigenvalue weighted by Crippen LogP contribution is -2.17. The van der Waals surface area contributed by atoms with Crippen LogP contribution in [0.3, 0.4) is 0 Å². The summed E-state index contributed by atoms with van der Waals surface area (Å²) in [4.78, 5) is 16.9. The van der Waals surface area contributed by atoms with Crippen LogP contribution in [0, 0.1) is 6.92 Å². The van der Waals surface area contributed by atoms with E-state index in [1.165, 1.54) is 5.56 Å². The molecule has 152 valence electrons. The van der Waals surface area contributed by atoms with E-state index in [0.29, 0.717) is 28.4 Å². The van der Waals surface area contributed by atoms with Gasteiger partial charge >= 0.3 is 0 Å². The van der Waals surface area contributed by atoms with Gasteiger partial charge in [-0.2, -0.15) is 11.8 Å². The van der Waals surface area contributed by atoms with Crippen LogP contribution in [0.15, 0.2) is 51.5 Å². The molecule has 1 aliphatic heterocycles. The Hall–Kier alpha value is -2.51. The number of oxazole rings is 1. The number of rotatable bonds is 7. The van der Waals surface area contributed by atoms with E-state index in [1.807, 2.05) is 30.0 Å². The highest BCUT2D eigenvalue weighted by molar-refractivity contribution is 7.99. The average Bonchev–Trinajstić information content (AvgIpc) is 3.38. The third-order valence-electron chi connectivity index (χ3n) is 4.82. The first-order valence-corrected chi connectivity index (χ1v) is 10.8. The largest absolute Gasteiger partial charge is 0.459 e. The quantitative estimate of drug-likeness (QED) is 0.598. The van der Waals surface area contributed by atoms with Crippen LogP contribution in [0.2, 0.25) is 0 Å². The predicted molar refractivity (Wildman–Crippen MR) is 113 cm³/mol. The average molecular weight is 413 g/mol. The number of ether oxygens (including phenoxy) is 1. The standard InChI is InChI=1S/C22H24N2O4S/c1-15-19(24-22(28-15)20-6-3-9-27-20)13-21(25)23-17-5-2-4-16(12-17)14-29-18-7-10-26-11-8-18/h2-6,9,12,18H,7-8,10-11,13-14H2,1H3,(H,23,25). The number of nitrogens with zero attached hydrogens (tertiary/aromatic N) is 1. The van der Waals surface area contributed by atoms with E-state index in [1.54, 1.807) is 25.3 Å². The number of amides is 1. The van der Waals surface area contributed by atoms with Crippen LogP contribution in [0.4, 0.5) is 5.69 Å². The smallest absolute Gasteiger partial charge is 0.263 e. The topological polar surface area (TPSA) is 77.5 Å². The zero-order valence-corrected chi connectivity index (χ0v) is 17.2. The van der Waals surface area contributed by atoms with E-state index < -0.39 is 0 Å². The Labute approximate surface area is 174 Å². The molecule has 3 aromatic rings. The number of anilines is 1. The highest BCUT2D eigenvalue weighted by Gasteiger charge is 2.17. The molecule has 0 unspecified atom stereocenters. The van der Waals surface area contributed by atoms with E-state index in [-0.39, 0.29) is 12.3 Å². The number of thioether (sulfide) groups is 1.